The number of nitrogens with two attached hydrogens (primary N) is 1. The van der Waals surface area contributed by atoms with Crippen LogP contribution in [0.3, 0.4) is 0 Å². The summed E-state index contributed by atoms with van der Waals surface area (Å²) < 4.78 is 0. The number of nitrogens with zero attached hydrogens (tertiary/aromatic N) is 2. The van der Waals surface area contributed by atoms with Gasteiger partial charge in [-0.1, -0.05) is 6.42 Å². The lowest BCUT2D eigenvalue weighted by atomic mass is 10.0. The van der Waals surface area contributed by atoms with Crippen LogP contribution in [0.25, 0.3) is 0 Å². The highest BCUT2D eigenvalue weighted by Crippen LogP contribution is 2.38. The highest BCUT2D eigenvalue weighted by atomic mass is 16.6. The molecule has 1 heterocycles. The number of anilines is 1. The van der Waals surface area contributed by atoms with Gasteiger partial charge in [-0.25, -0.2) is 0 Å². The van der Waals surface area contributed by atoms with E-state index in [1.165, 1.54) is 25.3 Å². The van der Waals surface area contributed by atoms with Crippen LogP contribution in [-0.4, -0.2) is 22.9 Å². The normalized spacial score (nSPS) is 25.6. The predicted octanol–water partition coefficient (Wildman–Crippen LogP) is 2.11. The van der Waals surface area contributed by atoms with E-state index in [0.29, 0.717) is 0 Å². The molecule has 6 heteroatoms. The maximum atomic E-state index is 10.9. The second-order valence-corrected chi connectivity index (χ2v) is 5.89. The number of nitrogen functional groups attached to an aromatic ring is 1. The number of likely N-dealkylation sites (tertiary alicyclic amines) is 1. The summed E-state index contributed by atoms with van der Waals surface area (Å²) in [6.07, 6.45) is 4.02. The minimum atomic E-state index is -0.359. The molecule has 1 aromatic rings. The van der Waals surface area contributed by atoms with E-state index >= 15 is 0 Å². The summed E-state index contributed by atoms with van der Waals surface area (Å²) in [5, 5.41) is 10.9. The molecule has 1 aromatic carbocycles. The van der Waals surface area contributed by atoms with Crippen molar-refractivity contribution < 1.29 is 4.92 Å². The van der Waals surface area contributed by atoms with Gasteiger partial charge in [0, 0.05) is 31.8 Å². The number of hydrogen-bond acceptors (Lipinski definition) is 5. The largest absolute Gasteiger partial charge is 0.324 e. The van der Waals surface area contributed by atoms with E-state index in [4.69, 9.17) is 5.84 Å². The smallest absolute Gasteiger partial charge is 0.269 e. The molecule has 2 aliphatic rings. The molecule has 2 fully saturated rings. The molecule has 20 heavy (non-hydrogen) atoms. The van der Waals surface area contributed by atoms with Crippen LogP contribution in [0.4, 0.5) is 11.4 Å². The molecule has 108 valence electrons. The summed E-state index contributed by atoms with van der Waals surface area (Å²) >= 11 is 0. The Kier molecular flexibility index (Phi) is 3.58. The lowest BCUT2D eigenvalue weighted by Crippen LogP contribution is -2.22. The van der Waals surface area contributed by atoms with Gasteiger partial charge in [0.25, 0.3) is 5.69 Å². The molecule has 2 unspecified atom stereocenters. The minimum Gasteiger partial charge on any atom is -0.324 e. The number of nitro benzene ring substituents is 1. The van der Waals surface area contributed by atoms with Gasteiger partial charge in [-0.3, -0.25) is 20.9 Å². The summed E-state index contributed by atoms with van der Waals surface area (Å²) in [5.41, 5.74) is 4.44. The molecule has 0 bridgehead atoms. The zero-order valence-corrected chi connectivity index (χ0v) is 11.4. The Morgan fingerprint density at radius 1 is 1.35 bits per heavy atom. The van der Waals surface area contributed by atoms with Gasteiger partial charge in [-0.05, 0) is 36.3 Å². The van der Waals surface area contributed by atoms with E-state index in [2.05, 4.69) is 10.3 Å². The Bertz CT molecular complexity index is 508. The number of nitro groups is 1. The van der Waals surface area contributed by atoms with Crippen LogP contribution in [0.5, 0.6) is 0 Å². The van der Waals surface area contributed by atoms with Crippen molar-refractivity contribution in [2.45, 2.75) is 25.8 Å². The average Bonchev–Trinajstić information content (AvgIpc) is 2.99. The second kappa shape index (κ2) is 5.38. The first-order chi connectivity index (χ1) is 9.67. The Morgan fingerprint density at radius 2 is 2.05 bits per heavy atom. The monoisotopic (exact) mass is 276 g/mol. The van der Waals surface area contributed by atoms with Crippen LogP contribution in [-0.2, 0) is 6.54 Å². The van der Waals surface area contributed by atoms with E-state index in [1.54, 1.807) is 12.1 Å². The Morgan fingerprint density at radius 3 is 2.65 bits per heavy atom. The SMILES string of the molecule is NNc1ccc([N+](=O)[O-])cc1CN1CC2CCCC2C1. The molecule has 2 atom stereocenters. The van der Waals surface area contributed by atoms with Gasteiger partial charge in [-0.15, -0.1) is 0 Å². The topological polar surface area (TPSA) is 84.4 Å². The molecule has 1 saturated heterocycles. The Labute approximate surface area is 118 Å². The molecular formula is C14H20N4O2. The molecule has 3 N–H and O–H groups in total. The fraction of sp³-hybridized carbons (Fsp3) is 0.571. The number of benzene rings is 1. The van der Waals surface area contributed by atoms with Gasteiger partial charge < -0.3 is 5.43 Å². The number of hydrogen-bond donors (Lipinski definition) is 2. The van der Waals surface area contributed by atoms with Crippen molar-refractivity contribution in [2.24, 2.45) is 17.7 Å². The molecule has 1 aliphatic heterocycles. The predicted molar refractivity (Wildman–Crippen MR) is 77.0 cm³/mol. The summed E-state index contributed by atoms with van der Waals surface area (Å²) in [6, 6.07) is 4.80. The van der Waals surface area contributed by atoms with Crippen molar-refractivity contribution in [3.63, 3.8) is 0 Å². The van der Waals surface area contributed by atoms with E-state index in [1.807, 2.05) is 0 Å². The summed E-state index contributed by atoms with van der Waals surface area (Å²) in [7, 11) is 0. The van der Waals surface area contributed by atoms with Gasteiger partial charge in [0.05, 0.1) is 10.6 Å². The molecule has 0 aromatic heterocycles. The number of non-ortho nitro benzene ring substituents is 1. The number of hydrazine groups is 1. The summed E-state index contributed by atoms with van der Waals surface area (Å²) in [5.74, 6) is 7.15. The van der Waals surface area contributed by atoms with Crippen LogP contribution >= 0.6 is 0 Å². The molecule has 0 spiro atoms. The van der Waals surface area contributed by atoms with Gasteiger partial charge in [0.2, 0.25) is 0 Å². The maximum Gasteiger partial charge on any atom is 0.269 e. The van der Waals surface area contributed by atoms with Gasteiger partial charge in [0.1, 0.15) is 0 Å². The Balaban J connectivity index is 1.76. The highest BCUT2D eigenvalue weighted by Gasteiger charge is 2.36. The summed E-state index contributed by atoms with van der Waals surface area (Å²) in [4.78, 5) is 12.9. The van der Waals surface area contributed by atoms with Crippen LogP contribution in [0.15, 0.2) is 18.2 Å². The van der Waals surface area contributed by atoms with Crippen LogP contribution < -0.4 is 11.3 Å². The average molecular weight is 276 g/mol. The molecule has 0 radical (unpaired) electrons. The highest BCUT2D eigenvalue weighted by molar-refractivity contribution is 5.55. The molecular weight excluding hydrogens is 256 g/mol. The quantitative estimate of drug-likeness (QED) is 0.500. The van der Waals surface area contributed by atoms with Crippen molar-refractivity contribution in [1.29, 1.82) is 0 Å². The van der Waals surface area contributed by atoms with Crippen LogP contribution in [0.1, 0.15) is 24.8 Å². The summed E-state index contributed by atoms with van der Waals surface area (Å²) in [6.45, 7) is 2.95. The standard InChI is InChI=1S/C14H20N4O2/c15-16-14-5-4-13(18(19)20)6-12(14)9-17-7-10-2-1-3-11(10)8-17/h4-6,10-11,16H,1-3,7-9,15H2. The minimum absolute atomic E-state index is 0.124. The van der Waals surface area contributed by atoms with E-state index in [-0.39, 0.29) is 10.6 Å². The molecule has 1 saturated carbocycles. The third-order valence-electron chi connectivity index (χ3n) is 4.65. The Hall–Kier alpha value is -1.66. The van der Waals surface area contributed by atoms with E-state index in [9.17, 15) is 10.1 Å². The second-order valence-electron chi connectivity index (χ2n) is 5.89. The van der Waals surface area contributed by atoms with Gasteiger partial charge in [0.15, 0.2) is 0 Å². The maximum absolute atomic E-state index is 10.9. The van der Waals surface area contributed by atoms with E-state index < -0.39 is 0 Å². The van der Waals surface area contributed by atoms with Crippen LogP contribution in [0, 0.1) is 22.0 Å². The van der Waals surface area contributed by atoms with Crippen LogP contribution in [0.2, 0.25) is 0 Å². The first-order valence-corrected chi connectivity index (χ1v) is 7.13. The molecule has 0 amide bonds. The molecule has 3 rings (SSSR count). The lowest BCUT2D eigenvalue weighted by Gasteiger charge is -2.18. The van der Waals surface area contributed by atoms with Gasteiger partial charge in [-0.2, -0.15) is 0 Å². The zero-order chi connectivity index (χ0) is 14.1. The van der Waals surface area contributed by atoms with E-state index in [0.717, 1.165) is 42.7 Å². The van der Waals surface area contributed by atoms with Gasteiger partial charge >= 0.3 is 0 Å². The zero-order valence-electron chi connectivity index (χ0n) is 11.4. The molecule has 1 aliphatic carbocycles. The first kappa shape index (κ1) is 13.3. The van der Waals surface area contributed by atoms with Crippen molar-refractivity contribution in [1.82, 2.24) is 4.90 Å². The fourth-order valence-corrected chi connectivity index (χ4v) is 3.67. The lowest BCUT2D eigenvalue weighted by molar-refractivity contribution is -0.384. The molecule has 6 nitrogen and oxygen atoms in total. The number of fused-ring (bicyclic) bond motifs is 1. The number of rotatable bonds is 4. The number of nitrogens with one attached hydrogen (secondary N) is 1. The van der Waals surface area contributed by atoms with Crippen molar-refractivity contribution in [3.05, 3.63) is 33.9 Å². The van der Waals surface area contributed by atoms with Crippen molar-refractivity contribution in [2.75, 3.05) is 18.5 Å². The van der Waals surface area contributed by atoms with Crippen molar-refractivity contribution >= 4 is 11.4 Å². The third-order valence-corrected chi connectivity index (χ3v) is 4.65. The fourth-order valence-electron chi connectivity index (χ4n) is 3.67. The van der Waals surface area contributed by atoms with Crippen molar-refractivity contribution in [3.8, 4) is 0 Å². The first-order valence-electron chi connectivity index (χ1n) is 7.13. The third kappa shape index (κ3) is 2.48.